The highest BCUT2D eigenvalue weighted by atomic mass is 35.5. The number of halogens is 1. The lowest BCUT2D eigenvalue weighted by Crippen LogP contribution is -2.51. The fourth-order valence-corrected chi connectivity index (χ4v) is 4.79. The molecule has 1 aromatic carbocycles. The summed E-state index contributed by atoms with van der Waals surface area (Å²) >= 11 is 0. The number of carbonyl (C=O) groups is 1. The molecule has 4 heteroatoms. The maximum atomic E-state index is 13.6. The lowest BCUT2D eigenvalue weighted by atomic mass is 9.67. The van der Waals surface area contributed by atoms with Gasteiger partial charge in [-0.05, 0) is 56.6 Å². The Morgan fingerprint density at radius 3 is 2.32 bits per heavy atom. The first-order valence-electron chi connectivity index (χ1n) is 9.66. The molecule has 1 aliphatic heterocycles. The minimum absolute atomic E-state index is 0. The van der Waals surface area contributed by atoms with Crippen molar-refractivity contribution in [1.82, 2.24) is 4.90 Å². The fourth-order valence-electron chi connectivity index (χ4n) is 4.79. The van der Waals surface area contributed by atoms with Gasteiger partial charge in [0.1, 0.15) is 0 Å². The van der Waals surface area contributed by atoms with Crippen molar-refractivity contribution >= 4 is 18.3 Å². The van der Waals surface area contributed by atoms with Crippen molar-refractivity contribution in [2.24, 2.45) is 11.7 Å². The second-order valence-corrected chi connectivity index (χ2v) is 7.95. The number of carbonyl (C=O) groups excluding carboxylic acids is 1. The number of aryl methyl sites for hydroxylation is 1. The number of nitrogens with two attached hydrogens (primary N) is 1. The van der Waals surface area contributed by atoms with Crippen LogP contribution in [0.2, 0.25) is 0 Å². The molecule has 0 aromatic heterocycles. The zero-order valence-electron chi connectivity index (χ0n) is 15.7. The van der Waals surface area contributed by atoms with Gasteiger partial charge in [-0.3, -0.25) is 4.79 Å². The third-order valence-corrected chi connectivity index (χ3v) is 6.35. The Labute approximate surface area is 158 Å². The maximum Gasteiger partial charge on any atom is 0.233 e. The summed E-state index contributed by atoms with van der Waals surface area (Å²) in [4.78, 5) is 15.7. The van der Waals surface area contributed by atoms with Crippen LogP contribution >= 0.6 is 12.4 Å². The van der Waals surface area contributed by atoms with Crippen LogP contribution in [0.5, 0.6) is 0 Å². The monoisotopic (exact) mass is 364 g/mol. The van der Waals surface area contributed by atoms with E-state index in [0.29, 0.717) is 11.8 Å². The molecule has 1 unspecified atom stereocenters. The predicted octanol–water partition coefficient (Wildman–Crippen LogP) is 4.20. The van der Waals surface area contributed by atoms with Crippen LogP contribution < -0.4 is 5.73 Å². The zero-order chi connectivity index (χ0) is 17.2. The molecule has 1 atom stereocenters. The normalized spacial score (nSPS) is 22.1. The van der Waals surface area contributed by atoms with Gasteiger partial charge in [-0.15, -0.1) is 12.4 Å². The smallest absolute Gasteiger partial charge is 0.233 e. The largest absolute Gasteiger partial charge is 0.342 e. The van der Waals surface area contributed by atoms with E-state index in [-0.39, 0.29) is 23.9 Å². The highest BCUT2D eigenvalue weighted by Gasteiger charge is 2.44. The van der Waals surface area contributed by atoms with Crippen LogP contribution in [0.25, 0.3) is 0 Å². The lowest BCUT2D eigenvalue weighted by Gasteiger charge is -2.43. The zero-order valence-corrected chi connectivity index (χ0v) is 16.5. The molecule has 3 rings (SSSR count). The summed E-state index contributed by atoms with van der Waals surface area (Å²) in [6, 6.07) is 8.75. The van der Waals surface area contributed by atoms with E-state index in [4.69, 9.17) is 5.73 Å². The van der Waals surface area contributed by atoms with Gasteiger partial charge in [0.05, 0.1) is 5.41 Å². The Bertz CT molecular complexity index is 573. The van der Waals surface area contributed by atoms with Crippen molar-refractivity contribution in [2.45, 2.75) is 70.3 Å². The van der Waals surface area contributed by atoms with Crippen LogP contribution in [-0.4, -0.2) is 29.9 Å². The molecule has 2 N–H and O–H groups in total. The van der Waals surface area contributed by atoms with Gasteiger partial charge in [-0.25, -0.2) is 0 Å². The number of nitrogens with zero attached hydrogens (tertiary/aromatic N) is 1. The second kappa shape index (κ2) is 8.55. The Morgan fingerprint density at radius 2 is 1.76 bits per heavy atom. The Balaban J connectivity index is 0.00000225. The van der Waals surface area contributed by atoms with E-state index in [2.05, 4.69) is 43.0 Å². The molecule has 1 saturated heterocycles. The number of rotatable bonds is 3. The molecule has 1 aliphatic carbocycles. The van der Waals surface area contributed by atoms with Crippen LogP contribution in [-0.2, 0) is 10.2 Å². The van der Waals surface area contributed by atoms with Crippen LogP contribution in [0.4, 0.5) is 0 Å². The van der Waals surface area contributed by atoms with Gasteiger partial charge in [0.25, 0.3) is 0 Å². The molecule has 1 saturated carbocycles. The minimum atomic E-state index is -0.287. The van der Waals surface area contributed by atoms with Gasteiger partial charge in [-0.1, -0.05) is 43.5 Å². The molecule has 3 nitrogen and oxygen atoms in total. The average Bonchev–Trinajstić information content (AvgIpc) is 2.62. The summed E-state index contributed by atoms with van der Waals surface area (Å²) < 4.78 is 0. The molecule has 2 aliphatic rings. The van der Waals surface area contributed by atoms with Crippen molar-refractivity contribution in [2.75, 3.05) is 13.1 Å². The molecule has 1 aromatic rings. The molecule has 0 spiro atoms. The van der Waals surface area contributed by atoms with Gasteiger partial charge in [0.2, 0.25) is 5.91 Å². The number of hydrogen-bond donors (Lipinski definition) is 1. The molecule has 1 amide bonds. The van der Waals surface area contributed by atoms with Gasteiger partial charge in [-0.2, -0.15) is 0 Å². The van der Waals surface area contributed by atoms with Crippen molar-refractivity contribution in [3.05, 3.63) is 35.4 Å². The Hall–Kier alpha value is -1.06. The van der Waals surface area contributed by atoms with Crippen LogP contribution in [0.15, 0.2) is 24.3 Å². The molecule has 0 radical (unpaired) electrons. The van der Waals surface area contributed by atoms with E-state index in [1.807, 2.05) is 0 Å². The summed E-state index contributed by atoms with van der Waals surface area (Å²) in [7, 11) is 0. The molecule has 140 valence electrons. The number of piperidine rings is 1. The van der Waals surface area contributed by atoms with E-state index in [1.54, 1.807) is 0 Å². The number of hydrogen-bond acceptors (Lipinski definition) is 2. The Morgan fingerprint density at radius 1 is 1.16 bits per heavy atom. The van der Waals surface area contributed by atoms with E-state index >= 15 is 0 Å². The summed E-state index contributed by atoms with van der Waals surface area (Å²) in [5.74, 6) is 0.939. The Kier molecular flexibility index (Phi) is 6.93. The molecule has 2 fully saturated rings. The van der Waals surface area contributed by atoms with Crippen molar-refractivity contribution < 1.29 is 4.79 Å². The highest BCUT2D eigenvalue weighted by Crippen LogP contribution is 2.43. The van der Waals surface area contributed by atoms with E-state index in [9.17, 15) is 4.79 Å². The van der Waals surface area contributed by atoms with Gasteiger partial charge in [0.15, 0.2) is 0 Å². The molecule has 25 heavy (non-hydrogen) atoms. The summed E-state index contributed by atoms with van der Waals surface area (Å²) in [5, 5.41) is 0. The topological polar surface area (TPSA) is 46.3 Å². The van der Waals surface area contributed by atoms with Crippen LogP contribution in [0.1, 0.15) is 63.0 Å². The summed E-state index contributed by atoms with van der Waals surface area (Å²) in [6.45, 7) is 6.00. The first-order valence-corrected chi connectivity index (χ1v) is 9.66. The lowest BCUT2D eigenvalue weighted by molar-refractivity contribution is -0.140. The van der Waals surface area contributed by atoms with E-state index in [1.165, 1.54) is 17.5 Å². The number of benzene rings is 1. The van der Waals surface area contributed by atoms with Crippen molar-refractivity contribution in [1.29, 1.82) is 0 Å². The second-order valence-electron chi connectivity index (χ2n) is 7.95. The molecular weight excluding hydrogens is 332 g/mol. The maximum absolute atomic E-state index is 13.6. The fraction of sp³-hybridized carbons (Fsp3) is 0.667. The van der Waals surface area contributed by atoms with Crippen LogP contribution in [0, 0.1) is 12.8 Å². The van der Waals surface area contributed by atoms with E-state index < -0.39 is 0 Å². The average molecular weight is 365 g/mol. The quantitative estimate of drug-likeness (QED) is 0.873. The predicted molar refractivity (Wildman–Crippen MR) is 106 cm³/mol. The van der Waals surface area contributed by atoms with Gasteiger partial charge < -0.3 is 10.6 Å². The van der Waals surface area contributed by atoms with Crippen molar-refractivity contribution in [3.63, 3.8) is 0 Å². The van der Waals surface area contributed by atoms with Crippen molar-refractivity contribution in [3.8, 4) is 0 Å². The minimum Gasteiger partial charge on any atom is -0.342 e. The number of likely N-dealkylation sites (tertiary alicyclic amines) is 1. The first-order chi connectivity index (χ1) is 11.5. The molecular formula is C21H33ClN2O. The third-order valence-electron chi connectivity index (χ3n) is 6.35. The third kappa shape index (κ3) is 4.03. The standard InChI is InChI=1S/C21H32N2O.ClH/c1-16-8-4-5-9-19(16)21(12-6-3-7-13-21)20(24)23-14-10-18(11-15-23)17(2)22;/h4-5,8-9,17-18H,3,6-7,10-15,22H2,1-2H3;1H. The summed E-state index contributed by atoms with van der Waals surface area (Å²) in [5.41, 5.74) is 8.31. The molecule has 0 bridgehead atoms. The highest BCUT2D eigenvalue weighted by molar-refractivity contribution is 5.89. The first kappa shape index (κ1) is 20.3. The summed E-state index contributed by atoms with van der Waals surface area (Å²) in [6.07, 6.45) is 7.69. The molecule has 1 heterocycles. The SMILES string of the molecule is Cc1ccccc1C1(C(=O)N2CCC(C(C)N)CC2)CCCCC1.Cl. The number of amides is 1. The van der Waals surface area contributed by atoms with E-state index in [0.717, 1.165) is 51.6 Å². The van der Waals surface area contributed by atoms with Gasteiger partial charge >= 0.3 is 0 Å². The van der Waals surface area contributed by atoms with Gasteiger partial charge in [0, 0.05) is 19.1 Å². The van der Waals surface area contributed by atoms with Crippen LogP contribution in [0.3, 0.4) is 0 Å².